The third kappa shape index (κ3) is 5.99. The first-order valence-electron chi connectivity index (χ1n) is 1.72. The van der Waals surface area contributed by atoms with Crippen LogP contribution in [0.1, 0.15) is 0 Å². The molecule has 0 aromatic rings. The minimum absolute atomic E-state index is 1.31. The zero-order valence-corrected chi connectivity index (χ0v) is 8.89. The van der Waals surface area contributed by atoms with Crippen LogP contribution in [0.5, 0.6) is 0 Å². The molecule has 0 heterocycles. The second kappa shape index (κ2) is 6.99. The van der Waals surface area contributed by atoms with Crippen LogP contribution < -0.4 is 0 Å². The van der Waals surface area contributed by atoms with Crippen LogP contribution in [-0.4, -0.2) is 37.2 Å². The second-order valence-electron chi connectivity index (χ2n) is 0.712. The summed E-state index contributed by atoms with van der Waals surface area (Å²) in [6.07, 6.45) is 0. The molecule has 0 atom stereocenters. The molecule has 0 amide bonds. The predicted molar refractivity (Wildman–Crippen MR) is 31.9 cm³/mol. The van der Waals surface area contributed by atoms with Gasteiger partial charge in [0.05, 0.1) is 0 Å². The van der Waals surface area contributed by atoms with Gasteiger partial charge in [-0.1, -0.05) is 0 Å². The minimum atomic E-state index is 1.31. The van der Waals surface area contributed by atoms with Gasteiger partial charge in [0.2, 0.25) is 0 Å². The van der Waals surface area contributed by atoms with Crippen molar-refractivity contribution >= 4 is 37.2 Å². The summed E-state index contributed by atoms with van der Waals surface area (Å²) in [5, 5.41) is 6.79. The molecule has 0 aromatic carbocycles. The van der Waals surface area contributed by atoms with E-state index in [9.17, 15) is 0 Å². The van der Waals surface area contributed by atoms with Gasteiger partial charge in [-0.05, 0) is 0 Å². The molecular weight excluding hydrogens is 216 g/mol. The topological polar surface area (TPSA) is 24.7 Å². The van der Waals surface area contributed by atoms with Crippen LogP contribution in [0, 0.1) is 21.0 Å². The van der Waals surface area contributed by atoms with E-state index in [0.29, 0.717) is 0 Å². The molecule has 0 aliphatic heterocycles. The van der Waals surface area contributed by atoms with Gasteiger partial charge in [-0.15, -0.1) is 0 Å². The Bertz CT molecular complexity index is 166. The number of nitrogens with zero attached hydrogens (tertiary/aromatic N) is 2. The Kier molecular flexibility index (Phi) is 6.99. The summed E-state index contributed by atoms with van der Waals surface area (Å²) in [6.45, 7) is 0. The van der Waals surface area contributed by atoms with Gasteiger partial charge in [-0.25, -0.2) is 0 Å². The zero-order valence-electron chi connectivity index (χ0n) is 4.05. The number of azo groups is 1. The van der Waals surface area contributed by atoms with Gasteiger partial charge in [0.15, 0.2) is 0 Å². The molecular formula is C4Ga2N2. The normalized spacial score (nSPS) is 6.50. The summed E-state index contributed by atoms with van der Waals surface area (Å²) >= 11 is 2.63. The molecule has 0 aliphatic carbocycles. The maximum atomic E-state index is 3.40. The molecule has 2 nitrogen and oxygen atoms in total. The molecule has 32 valence electrons. The van der Waals surface area contributed by atoms with Crippen molar-refractivity contribution in [1.82, 2.24) is 0 Å². The van der Waals surface area contributed by atoms with Crippen molar-refractivity contribution in [3.05, 3.63) is 0 Å². The van der Waals surface area contributed by atoms with E-state index in [1.54, 1.807) is 0 Å². The van der Waals surface area contributed by atoms with Crippen LogP contribution in [0.15, 0.2) is 10.2 Å². The molecule has 0 unspecified atom stereocenters. The van der Waals surface area contributed by atoms with E-state index in [2.05, 4.69) is 31.3 Å². The summed E-state index contributed by atoms with van der Waals surface area (Å²) in [5.74, 6) is 0. The monoisotopic (exact) mass is 214 g/mol. The van der Waals surface area contributed by atoms with Crippen molar-refractivity contribution in [1.29, 1.82) is 0 Å². The van der Waals surface area contributed by atoms with Crippen molar-refractivity contribution in [3.8, 4) is 21.0 Å². The van der Waals surface area contributed by atoms with Gasteiger partial charge >= 0.3 is 68.5 Å². The third-order valence-electron chi connectivity index (χ3n) is 0.279. The first-order valence-corrected chi connectivity index (χ1v) is 4.15. The van der Waals surface area contributed by atoms with Gasteiger partial charge in [0.1, 0.15) is 0 Å². The van der Waals surface area contributed by atoms with Crippen LogP contribution in [0.25, 0.3) is 0 Å². The Hall–Kier alpha value is -0.00727. The first kappa shape index (κ1) is 7.99. The van der Waals surface area contributed by atoms with Crippen molar-refractivity contribution in [2.75, 3.05) is 0 Å². The molecule has 0 fully saturated rings. The van der Waals surface area contributed by atoms with Crippen molar-refractivity contribution in [2.24, 2.45) is 10.2 Å². The SMILES string of the molecule is [Ga][C]#CN=NC#[C][Ga]. The summed E-state index contributed by atoms with van der Waals surface area (Å²) in [6, 6.07) is 4.85. The fraction of sp³-hybridized carbons (Fsp3) is 0. The fourth-order valence-electron chi connectivity index (χ4n) is 0.108. The average Bonchev–Trinajstić information content (AvgIpc) is 1.81. The van der Waals surface area contributed by atoms with Crippen molar-refractivity contribution in [3.63, 3.8) is 0 Å². The molecule has 0 saturated carbocycles. The standard InChI is InChI=1S/C4N2.2Ga/c1-3-5-6-4-2;;. The molecule has 8 heavy (non-hydrogen) atoms. The van der Waals surface area contributed by atoms with E-state index in [4.69, 9.17) is 0 Å². The number of rotatable bonds is 0. The van der Waals surface area contributed by atoms with Crippen LogP contribution in [0.3, 0.4) is 0 Å². The van der Waals surface area contributed by atoms with Crippen LogP contribution in [-0.2, 0) is 0 Å². The van der Waals surface area contributed by atoms with E-state index in [1.165, 1.54) is 37.2 Å². The van der Waals surface area contributed by atoms with Crippen molar-refractivity contribution in [2.45, 2.75) is 0 Å². The number of hydrogen-bond acceptors (Lipinski definition) is 2. The molecule has 0 bridgehead atoms. The Morgan fingerprint density at radius 1 is 0.875 bits per heavy atom. The summed E-state index contributed by atoms with van der Waals surface area (Å²) in [7, 11) is 0. The van der Waals surface area contributed by atoms with E-state index in [1.807, 2.05) is 0 Å². The Labute approximate surface area is 68.4 Å². The molecule has 0 rings (SSSR count). The molecule has 0 aromatic heterocycles. The second-order valence-corrected chi connectivity index (χ2v) is 1.92. The van der Waals surface area contributed by atoms with Crippen molar-refractivity contribution < 1.29 is 0 Å². The van der Waals surface area contributed by atoms with Gasteiger partial charge in [0, 0.05) is 0 Å². The maximum absolute atomic E-state index is 3.40. The summed E-state index contributed by atoms with van der Waals surface area (Å²) in [4.78, 5) is 0. The van der Waals surface area contributed by atoms with Gasteiger partial charge in [0.25, 0.3) is 0 Å². The Morgan fingerprint density at radius 2 is 1.25 bits per heavy atom. The quantitative estimate of drug-likeness (QED) is 0.299. The van der Waals surface area contributed by atoms with Gasteiger partial charge < -0.3 is 0 Å². The number of hydrogen-bond donors (Lipinski definition) is 0. The van der Waals surface area contributed by atoms with E-state index >= 15 is 0 Å². The predicted octanol–water partition coefficient (Wildman–Crippen LogP) is -0.388. The molecule has 0 saturated heterocycles. The third-order valence-corrected chi connectivity index (χ3v) is 0.821. The van der Waals surface area contributed by atoms with E-state index in [0.717, 1.165) is 0 Å². The van der Waals surface area contributed by atoms with E-state index < -0.39 is 0 Å². The summed E-state index contributed by atoms with van der Waals surface area (Å²) in [5.41, 5.74) is 0. The molecule has 4 radical (unpaired) electrons. The molecule has 0 N–H and O–H groups in total. The zero-order chi connectivity index (χ0) is 6.24. The average molecular weight is 216 g/mol. The van der Waals surface area contributed by atoms with Crippen LogP contribution in [0.2, 0.25) is 0 Å². The van der Waals surface area contributed by atoms with Crippen LogP contribution in [0.4, 0.5) is 0 Å². The van der Waals surface area contributed by atoms with E-state index in [-0.39, 0.29) is 0 Å². The van der Waals surface area contributed by atoms with Crippen LogP contribution >= 0.6 is 0 Å². The Morgan fingerprint density at radius 3 is 1.50 bits per heavy atom. The van der Waals surface area contributed by atoms with Gasteiger partial charge in [-0.2, -0.15) is 0 Å². The Balaban J connectivity index is 3.56. The molecule has 0 spiro atoms. The first-order chi connectivity index (χ1) is 3.91. The fourth-order valence-corrected chi connectivity index (χ4v) is 0.350. The summed E-state index contributed by atoms with van der Waals surface area (Å²) < 4.78 is 5.23. The molecule has 0 aliphatic rings. The van der Waals surface area contributed by atoms with Gasteiger partial charge in [-0.3, -0.25) is 0 Å². The molecule has 4 heteroatoms.